The quantitative estimate of drug-likeness (QED) is 0.650. The van der Waals surface area contributed by atoms with Gasteiger partial charge in [-0.15, -0.1) is 13.2 Å². The maximum absolute atomic E-state index is 12.2. The predicted molar refractivity (Wildman–Crippen MR) is 105 cm³/mol. The molecule has 2 aromatic carbocycles. The summed E-state index contributed by atoms with van der Waals surface area (Å²) in [5, 5.41) is 2.82. The van der Waals surface area contributed by atoms with E-state index in [0.717, 1.165) is 41.0 Å². The zero-order valence-corrected chi connectivity index (χ0v) is 17.5. The molecule has 2 N–H and O–H groups in total. The standard InChI is InChI=1S/C20H23F3N2O4S/c1-13-4-5-14(2)18(12-13)15(3)25-19(26)10-11-24-30(27,28)17-8-6-16(7-9-17)29-20(21,22)23/h4-9,12,15,24H,10-11H2,1-3H3,(H,25,26). The third kappa shape index (κ3) is 7.03. The van der Waals surface area contributed by atoms with Crippen molar-refractivity contribution in [2.45, 2.75) is 44.5 Å². The number of halogens is 3. The fourth-order valence-corrected chi connectivity index (χ4v) is 3.85. The highest BCUT2D eigenvalue weighted by molar-refractivity contribution is 7.89. The summed E-state index contributed by atoms with van der Waals surface area (Å²) >= 11 is 0. The Kier molecular flexibility index (Phi) is 7.49. The van der Waals surface area contributed by atoms with Gasteiger partial charge in [0.25, 0.3) is 0 Å². The molecule has 0 aliphatic rings. The maximum Gasteiger partial charge on any atom is 0.573 e. The summed E-state index contributed by atoms with van der Waals surface area (Å²) in [5.74, 6) is -0.860. The van der Waals surface area contributed by atoms with E-state index in [1.54, 1.807) is 0 Å². The Bertz CT molecular complexity index is 990. The lowest BCUT2D eigenvalue weighted by atomic mass is 10.00. The van der Waals surface area contributed by atoms with Crippen molar-refractivity contribution in [3.63, 3.8) is 0 Å². The fourth-order valence-electron chi connectivity index (χ4n) is 2.82. The molecule has 164 valence electrons. The summed E-state index contributed by atoms with van der Waals surface area (Å²) in [6.07, 6.45) is -4.95. The van der Waals surface area contributed by atoms with E-state index in [1.165, 1.54) is 0 Å². The molecule has 0 saturated carbocycles. The highest BCUT2D eigenvalue weighted by atomic mass is 32.2. The van der Waals surface area contributed by atoms with Crippen LogP contribution in [0.15, 0.2) is 47.4 Å². The SMILES string of the molecule is Cc1ccc(C)c(C(C)NC(=O)CCNS(=O)(=O)c2ccc(OC(F)(F)F)cc2)c1. The average molecular weight is 444 g/mol. The van der Waals surface area contributed by atoms with Crippen molar-refractivity contribution < 1.29 is 31.1 Å². The van der Waals surface area contributed by atoms with Gasteiger partial charge in [-0.05, 0) is 56.2 Å². The van der Waals surface area contributed by atoms with Crippen LogP contribution in [0.3, 0.4) is 0 Å². The Balaban J connectivity index is 1.89. The second-order valence-corrected chi connectivity index (χ2v) is 8.58. The minimum Gasteiger partial charge on any atom is -0.406 e. The number of hydrogen-bond acceptors (Lipinski definition) is 4. The van der Waals surface area contributed by atoms with Crippen LogP contribution in [0.4, 0.5) is 13.2 Å². The van der Waals surface area contributed by atoms with Gasteiger partial charge in [0, 0.05) is 13.0 Å². The highest BCUT2D eigenvalue weighted by Gasteiger charge is 2.31. The van der Waals surface area contributed by atoms with Gasteiger partial charge in [0.05, 0.1) is 10.9 Å². The number of hydrogen-bond donors (Lipinski definition) is 2. The summed E-state index contributed by atoms with van der Waals surface area (Å²) in [6.45, 7) is 5.58. The van der Waals surface area contributed by atoms with Crippen molar-refractivity contribution in [1.82, 2.24) is 10.0 Å². The van der Waals surface area contributed by atoms with Crippen LogP contribution in [-0.2, 0) is 14.8 Å². The third-order valence-electron chi connectivity index (χ3n) is 4.29. The number of alkyl halides is 3. The van der Waals surface area contributed by atoms with E-state index in [0.29, 0.717) is 0 Å². The van der Waals surface area contributed by atoms with Crippen LogP contribution < -0.4 is 14.8 Å². The number of rotatable bonds is 8. The van der Waals surface area contributed by atoms with E-state index in [2.05, 4.69) is 14.8 Å². The van der Waals surface area contributed by atoms with Gasteiger partial charge in [0.2, 0.25) is 15.9 Å². The number of sulfonamides is 1. The molecule has 0 spiro atoms. The molecule has 10 heteroatoms. The van der Waals surface area contributed by atoms with Crippen LogP contribution in [-0.4, -0.2) is 27.2 Å². The molecule has 1 amide bonds. The number of benzene rings is 2. The summed E-state index contributed by atoms with van der Waals surface area (Å²) in [4.78, 5) is 11.9. The molecule has 0 aliphatic heterocycles. The van der Waals surface area contributed by atoms with Gasteiger partial charge >= 0.3 is 6.36 Å². The lowest BCUT2D eigenvalue weighted by Crippen LogP contribution is -2.32. The fraction of sp³-hybridized carbons (Fsp3) is 0.350. The zero-order valence-electron chi connectivity index (χ0n) is 16.7. The monoisotopic (exact) mass is 444 g/mol. The van der Waals surface area contributed by atoms with Crippen LogP contribution in [0.2, 0.25) is 0 Å². The zero-order chi connectivity index (χ0) is 22.5. The molecule has 1 unspecified atom stereocenters. The summed E-state index contributed by atoms with van der Waals surface area (Å²) < 4.78 is 66.9. The molecule has 2 aromatic rings. The minimum atomic E-state index is -4.86. The number of amides is 1. The average Bonchev–Trinajstić information content (AvgIpc) is 2.62. The number of aryl methyl sites for hydroxylation is 2. The molecule has 0 aromatic heterocycles. The van der Waals surface area contributed by atoms with Gasteiger partial charge in [0.15, 0.2) is 0 Å². The van der Waals surface area contributed by atoms with E-state index < -0.39 is 22.1 Å². The van der Waals surface area contributed by atoms with Crippen molar-refractivity contribution in [2.24, 2.45) is 0 Å². The Morgan fingerprint density at radius 3 is 2.33 bits per heavy atom. The van der Waals surface area contributed by atoms with Gasteiger partial charge in [0.1, 0.15) is 5.75 Å². The van der Waals surface area contributed by atoms with Gasteiger partial charge < -0.3 is 10.1 Å². The molecular formula is C20H23F3N2O4S. The van der Waals surface area contributed by atoms with Crippen molar-refractivity contribution in [1.29, 1.82) is 0 Å². The number of ether oxygens (including phenoxy) is 1. The van der Waals surface area contributed by atoms with Gasteiger partial charge in [-0.25, -0.2) is 13.1 Å². The first kappa shape index (κ1) is 23.7. The van der Waals surface area contributed by atoms with E-state index >= 15 is 0 Å². The molecule has 2 rings (SSSR count). The lowest BCUT2D eigenvalue weighted by Gasteiger charge is -2.17. The second kappa shape index (κ2) is 9.48. The van der Waals surface area contributed by atoms with Crippen LogP contribution in [0.1, 0.15) is 36.1 Å². The molecule has 0 heterocycles. The normalized spacial score (nSPS) is 13.0. The molecule has 0 aliphatic carbocycles. The van der Waals surface area contributed by atoms with E-state index in [9.17, 15) is 26.4 Å². The van der Waals surface area contributed by atoms with Crippen molar-refractivity contribution >= 4 is 15.9 Å². The van der Waals surface area contributed by atoms with Gasteiger partial charge in [-0.2, -0.15) is 0 Å². The third-order valence-corrected chi connectivity index (χ3v) is 5.77. The molecule has 1 atom stereocenters. The molecule has 30 heavy (non-hydrogen) atoms. The van der Waals surface area contributed by atoms with Crippen molar-refractivity contribution in [3.8, 4) is 5.75 Å². The predicted octanol–water partition coefficient (Wildman–Crippen LogP) is 3.75. The van der Waals surface area contributed by atoms with Crippen molar-refractivity contribution in [2.75, 3.05) is 6.54 Å². The van der Waals surface area contributed by atoms with Crippen LogP contribution in [0.25, 0.3) is 0 Å². The van der Waals surface area contributed by atoms with E-state index in [-0.39, 0.29) is 29.8 Å². The number of carbonyl (C=O) groups is 1. The Morgan fingerprint density at radius 1 is 1.10 bits per heavy atom. The van der Waals surface area contributed by atoms with Crippen molar-refractivity contribution in [3.05, 3.63) is 59.2 Å². The maximum atomic E-state index is 12.2. The molecule has 0 radical (unpaired) electrons. The Labute approximate surface area is 173 Å². The van der Waals surface area contributed by atoms with Crippen LogP contribution in [0.5, 0.6) is 5.75 Å². The van der Waals surface area contributed by atoms with Crippen LogP contribution in [0, 0.1) is 13.8 Å². The number of nitrogens with one attached hydrogen (secondary N) is 2. The molecule has 6 nitrogen and oxygen atoms in total. The summed E-state index contributed by atoms with van der Waals surface area (Å²) in [7, 11) is -3.98. The molecule has 0 bridgehead atoms. The first-order chi connectivity index (χ1) is 13.9. The first-order valence-electron chi connectivity index (χ1n) is 9.09. The van der Waals surface area contributed by atoms with Crippen LogP contribution >= 0.6 is 0 Å². The van der Waals surface area contributed by atoms with Gasteiger partial charge in [-0.3, -0.25) is 4.79 Å². The Hall–Kier alpha value is -2.59. The summed E-state index contributed by atoms with van der Waals surface area (Å²) in [6, 6.07) is 9.47. The lowest BCUT2D eigenvalue weighted by molar-refractivity contribution is -0.274. The topological polar surface area (TPSA) is 84.5 Å². The molecule has 0 saturated heterocycles. The number of carbonyl (C=O) groups excluding carboxylic acids is 1. The first-order valence-corrected chi connectivity index (χ1v) is 10.6. The molecule has 0 fully saturated rings. The van der Waals surface area contributed by atoms with Gasteiger partial charge in [-0.1, -0.05) is 23.8 Å². The largest absolute Gasteiger partial charge is 0.573 e. The summed E-state index contributed by atoms with van der Waals surface area (Å²) in [5.41, 5.74) is 3.08. The smallest absolute Gasteiger partial charge is 0.406 e. The molecular weight excluding hydrogens is 421 g/mol. The minimum absolute atomic E-state index is 0.0935. The Morgan fingerprint density at radius 2 is 1.73 bits per heavy atom. The van der Waals surface area contributed by atoms with E-state index in [1.807, 2.05) is 39.0 Å². The van der Waals surface area contributed by atoms with E-state index in [4.69, 9.17) is 0 Å². The highest BCUT2D eigenvalue weighted by Crippen LogP contribution is 2.24. The second-order valence-electron chi connectivity index (χ2n) is 6.82.